The van der Waals surface area contributed by atoms with E-state index in [2.05, 4.69) is 31.1 Å². The third-order valence-electron chi connectivity index (χ3n) is 4.64. The first-order valence-corrected chi connectivity index (χ1v) is 9.29. The van der Waals surface area contributed by atoms with E-state index in [9.17, 15) is 4.79 Å². The van der Waals surface area contributed by atoms with Crippen LogP contribution in [0.4, 0.5) is 0 Å². The Morgan fingerprint density at radius 1 is 1.23 bits per heavy atom. The number of carbonyl (C=O) groups is 1. The van der Waals surface area contributed by atoms with Crippen molar-refractivity contribution >= 4 is 17.5 Å². The number of hydrogen-bond donors (Lipinski definition) is 3. The van der Waals surface area contributed by atoms with Crippen LogP contribution in [0.25, 0.3) is 5.65 Å². The summed E-state index contributed by atoms with van der Waals surface area (Å²) < 4.78 is 1.93. The van der Waals surface area contributed by atoms with E-state index in [0.717, 1.165) is 24.3 Å². The normalized spacial score (nSPS) is 15.8. The maximum atomic E-state index is 12.0. The minimum atomic E-state index is 0.100. The van der Waals surface area contributed by atoms with E-state index in [-0.39, 0.29) is 5.91 Å². The van der Waals surface area contributed by atoms with Crippen LogP contribution in [0.2, 0.25) is 0 Å². The molecule has 0 saturated heterocycles. The standard InChI is InChI=1S/C18H27N7O/c1-19-18(20-11-10-17(26)22-14-7-3-2-4-8-14)21-13-16-24-23-15-9-5-6-12-25(15)16/h5-6,9,12,14H,2-4,7-8,10-11,13H2,1H3,(H,22,26)(H2,19,20,21). The molecule has 8 nitrogen and oxygen atoms in total. The molecule has 1 aliphatic carbocycles. The van der Waals surface area contributed by atoms with Gasteiger partial charge < -0.3 is 16.0 Å². The van der Waals surface area contributed by atoms with Crippen molar-refractivity contribution in [3.8, 4) is 0 Å². The predicted molar refractivity (Wildman–Crippen MR) is 101 cm³/mol. The Morgan fingerprint density at radius 2 is 2.08 bits per heavy atom. The summed E-state index contributed by atoms with van der Waals surface area (Å²) in [6.45, 7) is 1.04. The lowest BCUT2D eigenvalue weighted by Crippen LogP contribution is -2.41. The number of nitrogens with one attached hydrogen (secondary N) is 3. The average Bonchev–Trinajstić information content (AvgIpc) is 3.08. The Bertz CT molecular complexity index is 749. The molecular weight excluding hydrogens is 330 g/mol. The summed E-state index contributed by atoms with van der Waals surface area (Å²) >= 11 is 0. The second-order valence-electron chi connectivity index (χ2n) is 6.55. The van der Waals surface area contributed by atoms with Crippen molar-refractivity contribution in [3.63, 3.8) is 0 Å². The summed E-state index contributed by atoms with van der Waals surface area (Å²) in [6, 6.07) is 6.14. The maximum Gasteiger partial charge on any atom is 0.221 e. The molecule has 0 unspecified atom stereocenters. The van der Waals surface area contributed by atoms with Crippen LogP contribution in [-0.4, -0.2) is 46.1 Å². The topological polar surface area (TPSA) is 95.7 Å². The molecule has 1 aliphatic rings. The molecule has 0 radical (unpaired) electrons. The molecule has 3 N–H and O–H groups in total. The SMILES string of the molecule is CN=C(NCCC(=O)NC1CCCCC1)NCc1nnc2ccccn12. The molecule has 0 aliphatic heterocycles. The highest BCUT2D eigenvalue weighted by Crippen LogP contribution is 2.17. The van der Waals surface area contributed by atoms with Gasteiger partial charge in [0.25, 0.3) is 0 Å². The molecule has 2 heterocycles. The summed E-state index contributed by atoms with van der Waals surface area (Å²) in [5.74, 6) is 1.55. The van der Waals surface area contributed by atoms with Crippen LogP contribution in [0, 0.1) is 0 Å². The first-order valence-electron chi connectivity index (χ1n) is 9.29. The number of pyridine rings is 1. The molecule has 0 aromatic carbocycles. The maximum absolute atomic E-state index is 12.0. The third-order valence-corrected chi connectivity index (χ3v) is 4.64. The van der Waals surface area contributed by atoms with Crippen molar-refractivity contribution in [3.05, 3.63) is 30.2 Å². The fourth-order valence-electron chi connectivity index (χ4n) is 3.24. The van der Waals surface area contributed by atoms with Gasteiger partial charge in [-0.25, -0.2) is 0 Å². The van der Waals surface area contributed by atoms with Gasteiger partial charge in [0.05, 0.1) is 6.54 Å². The van der Waals surface area contributed by atoms with Gasteiger partial charge in [0.15, 0.2) is 17.4 Å². The number of nitrogens with zero attached hydrogens (tertiary/aromatic N) is 4. The van der Waals surface area contributed by atoms with Crippen molar-refractivity contribution in [2.24, 2.45) is 4.99 Å². The largest absolute Gasteiger partial charge is 0.356 e. The van der Waals surface area contributed by atoms with Crippen molar-refractivity contribution < 1.29 is 4.79 Å². The van der Waals surface area contributed by atoms with Crippen LogP contribution in [-0.2, 0) is 11.3 Å². The second-order valence-corrected chi connectivity index (χ2v) is 6.55. The summed E-state index contributed by atoms with van der Waals surface area (Å²) in [5, 5.41) is 17.8. The first kappa shape index (κ1) is 18.2. The van der Waals surface area contributed by atoms with Crippen LogP contribution < -0.4 is 16.0 Å². The number of guanidine groups is 1. The van der Waals surface area contributed by atoms with Gasteiger partial charge in [-0.05, 0) is 25.0 Å². The van der Waals surface area contributed by atoms with Crippen LogP contribution >= 0.6 is 0 Å². The van der Waals surface area contributed by atoms with Gasteiger partial charge >= 0.3 is 0 Å². The minimum Gasteiger partial charge on any atom is -0.356 e. The number of amides is 1. The molecule has 2 aromatic rings. The number of rotatable bonds is 6. The Kier molecular flexibility index (Phi) is 6.40. The lowest BCUT2D eigenvalue weighted by atomic mass is 9.95. The highest BCUT2D eigenvalue weighted by Gasteiger charge is 2.15. The number of aliphatic imine (C=N–C) groups is 1. The number of carbonyl (C=O) groups excluding carboxylic acids is 1. The Morgan fingerprint density at radius 3 is 2.88 bits per heavy atom. The lowest BCUT2D eigenvalue weighted by molar-refractivity contribution is -0.121. The number of fused-ring (bicyclic) bond motifs is 1. The molecular formula is C18H27N7O. The smallest absolute Gasteiger partial charge is 0.221 e. The molecule has 26 heavy (non-hydrogen) atoms. The van der Waals surface area contributed by atoms with E-state index in [4.69, 9.17) is 0 Å². The van der Waals surface area contributed by atoms with E-state index in [1.54, 1.807) is 7.05 Å². The van der Waals surface area contributed by atoms with E-state index in [0.29, 0.717) is 31.5 Å². The van der Waals surface area contributed by atoms with E-state index >= 15 is 0 Å². The van der Waals surface area contributed by atoms with Crippen molar-refractivity contribution in [1.29, 1.82) is 0 Å². The van der Waals surface area contributed by atoms with Crippen molar-refractivity contribution in [2.75, 3.05) is 13.6 Å². The predicted octanol–water partition coefficient (Wildman–Crippen LogP) is 1.23. The zero-order chi connectivity index (χ0) is 18.2. The lowest BCUT2D eigenvalue weighted by Gasteiger charge is -2.22. The molecule has 0 spiro atoms. The van der Waals surface area contributed by atoms with Crippen LogP contribution in [0.5, 0.6) is 0 Å². The quantitative estimate of drug-likeness (QED) is 0.534. The molecule has 8 heteroatoms. The minimum absolute atomic E-state index is 0.100. The van der Waals surface area contributed by atoms with Gasteiger partial charge in [0.2, 0.25) is 5.91 Å². The monoisotopic (exact) mass is 357 g/mol. The van der Waals surface area contributed by atoms with E-state index < -0.39 is 0 Å². The Balaban J connectivity index is 1.40. The second kappa shape index (κ2) is 9.17. The fourth-order valence-corrected chi connectivity index (χ4v) is 3.24. The zero-order valence-corrected chi connectivity index (χ0v) is 15.2. The first-order chi connectivity index (χ1) is 12.8. The van der Waals surface area contributed by atoms with Gasteiger partial charge in [0.1, 0.15) is 0 Å². The Hall–Kier alpha value is -2.64. The molecule has 1 saturated carbocycles. The Labute approximate surface area is 153 Å². The summed E-state index contributed by atoms with van der Waals surface area (Å²) in [7, 11) is 1.71. The van der Waals surface area contributed by atoms with E-state index in [1.165, 1.54) is 19.3 Å². The van der Waals surface area contributed by atoms with Crippen LogP contribution in [0.15, 0.2) is 29.4 Å². The fraction of sp³-hybridized carbons (Fsp3) is 0.556. The highest BCUT2D eigenvalue weighted by molar-refractivity contribution is 5.81. The summed E-state index contributed by atoms with van der Waals surface area (Å²) in [6.07, 6.45) is 8.30. The zero-order valence-electron chi connectivity index (χ0n) is 15.2. The van der Waals surface area contributed by atoms with Gasteiger partial charge in [0, 0.05) is 32.3 Å². The van der Waals surface area contributed by atoms with Gasteiger partial charge in [-0.3, -0.25) is 14.2 Å². The van der Waals surface area contributed by atoms with Crippen LogP contribution in [0.3, 0.4) is 0 Å². The van der Waals surface area contributed by atoms with Gasteiger partial charge in [-0.1, -0.05) is 25.3 Å². The summed E-state index contributed by atoms with van der Waals surface area (Å²) in [4.78, 5) is 16.2. The molecule has 3 rings (SSSR count). The highest BCUT2D eigenvalue weighted by atomic mass is 16.1. The van der Waals surface area contributed by atoms with Crippen LogP contribution in [0.1, 0.15) is 44.3 Å². The molecule has 140 valence electrons. The molecule has 0 bridgehead atoms. The van der Waals surface area contributed by atoms with Crippen molar-refractivity contribution in [1.82, 2.24) is 30.5 Å². The van der Waals surface area contributed by atoms with Crippen molar-refractivity contribution in [2.45, 2.75) is 51.1 Å². The molecule has 1 fully saturated rings. The average molecular weight is 357 g/mol. The number of aromatic nitrogens is 3. The third kappa shape index (κ3) is 4.93. The van der Waals surface area contributed by atoms with Gasteiger partial charge in [-0.15, -0.1) is 10.2 Å². The number of hydrogen-bond acceptors (Lipinski definition) is 4. The molecule has 1 amide bonds. The molecule has 2 aromatic heterocycles. The molecule has 0 atom stereocenters. The van der Waals surface area contributed by atoms with E-state index in [1.807, 2.05) is 28.8 Å². The summed E-state index contributed by atoms with van der Waals surface area (Å²) in [5.41, 5.74) is 0.812. The van der Waals surface area contributed by atoms with Gasteiger partial charge in [-0.2, -0.15) is 0 Å².